The van der Waals surface area contributed by atoms with Gasteiger partial charge in [0.05, 0.1) is 12.1 Å². The van der Waals surface area contributed by atoms with E-state index < -0.39 is 10.0 Å². The molecule has 0 saturated heterocycles. The van der Waals surface area contributed by atoms with Gasteiger partial charge in [-0.2, -0.15) is 0 Å². The lowest BCUT2D eigenvalue weighted by Crippen LogP contribution is -2.13. The number of aromatic nitrogens is 1. The summed E-state index contributed by atoms with van der Waals surface area (Å²) in [7, 11) is -2.25. The largest absolute Gasteiger partial charge is 0.497 e. The van der Waals surface area contributed by atoms with E-state index in [9.17, 15) is 8.42 Å². The zero-order chi connectivity index (χ0) is 13.2. The summed E-state index contributed by atoms with van der Waals surface area (Å²) < 4.78 is 31.4. The second kappa shape index (κ2) is 5.13. The van der Waals surface area contributed by atoms with Crippen molar-refractivity contribution in [2.24, 2.45) is 0 Å². The Morgan fingerprint density at radius 3 is 2.78 bits per heavy atom. The summed E-state index contributed by atoms with van der Waals surface area (Å²) >= 11 is 7.11. The lowest BCUT2D eigenvalue weighted by molar-refractivity contribution is 0.414. The van der Waals surface area contributed by atoms with Gasteiger partial charge in [-0.3, -0.25) is 4.72 Å². The molecule has 2 aromatic rings. The number of sulfonamides is 1. The number of rotatable bonds is 4. The molecule has 0 bridgehead atoms. The van der Waals surface area contributed by atoms with Crippen LogP contribution in [0.5, 0.6) is 5.75 Å². The number of halogens is 1. The highest BCUT2D eigenvalue weighted by molar-refractivity contribution is 7.93. The molecule has 0 aliphatic rings. The zero-order valence-electron chi connectivity index (χ0n) is 9.25. The van der Waals surface area contributed by atoms with Crippen LogP contribution in [0.25, 0.3) is 0 Å². The van der Waals surface area contributed by atoms with Gasteiger partial charge in [-0.15, -0.1) is 11.3 Å². The van der Waals surface area contributed by atoms with Gasteiger partial charge in [-0.05, 0) is 12.1 Å². The van der Waals surface area contributed by atoms with Crippen molar-refractivity contribution in [3.8, 4) is 5.75 Å². The van der Waals surface area contributed by atoms with Crippen LogP contribution in [-0.2, 0) is 10.0 Å². The topological polar surface area (TPSA) is 68.3 Å². The standard InChI is InChI=1S/C10H9ClN2O3S2/c1-16-7-2-3-9(8(11)6-7)18(14,15)13-10-12-4-5-17-10/h2-6H,1H3,(H,12,13). The van der Waals surface area contributed by atoms with Crippen molar-refractivity contribution in [1.29, 1.82) is 0 Å². The number of anilines is 1. The highest BCUT2D eigenvalue weighted by atomic mass is 35.5. The molecule has 0 atom stereocenters. The van der Waals surface area contributed by atoms with Gasteiger partial charge >= 0.3 is 0 Å². The summed E-state index contributed by atoms with van der Waals surface area (Å²) in [6, 6.07) is 4.36. The lowest BCUT2D eigenvalue weighted by atomic mass is 10.3. The van der Waals surface area contributed by atoms with Crippen molar-refractivity contribution in [2.75, 3.05) is 11.8 Å². The van der Waals surface area contributed by atoms with Gasteiger partial charge in [0.25, 0.3) is 10.0 Å². The van der Waals surface area contributed by atoms with Gasteiger partial charge in [0.1, 0.15) is 10.6 Å². The normalized spacial score (nSPS) is 11.2. The Morgan fingerprint density at radius 1 is 1.44 bits per heavy atom. The monoisotopic (exact) mass is 304 g/mol. The van der Waals surface area contributed by atoms with Crippen LogP contribution in [0, 0.1) is 0 Å². The number of nitrogens with zero attached hydrogens (tertiary/aromatic N) is 1. The Balaban J connectivity index is 2.35. The maximum absolute atomic E-state index is 12.1. The first-order chi connectivity index (χ1) is 8.53. The van der Waals surface area contributed by atoms with Crippen LogP contribution >= 0.6 is 22.9 Å². The summed E-state index contributed by atoms with van der Waals surface area (Å²) in [5, 5.41) is 2.06. The smallest absolute Gasteiger partial charge is 0.265 e. The minimum absolute atomic E-state index is 0.0137. The van der Waals surface area contributed by atoms with Gasteiger partial charge in [0.2, 0.25) is 0 Å². The van der Waals surface area contributed by atoms with E-state index in [-0.39, 0.29) is 9.92 Å². The quantitative estimate of drug-likeness (QED) is 0.942. The average molecular weight is 305 g/mol. The fraction of sp³-hybridized carbons (Fsp3) is 0.100. The molecule has 0 unspecified atom stereocenters. The summed E-state index contributed by atoms with van der Waals surface area (Å²) in [5.74, 6) is 0.494. The number of benzene rings is 1. The molecule has 0 radical (unpaired) electrons. The van der Waals surface area contributed by atoms with Crippen molar-refractivity contribution in [3.05, 3.63) is 34.8 Å². The van der Waals surface area contributed by atoms with Crippen molar-refractivity contribution in [3.63, 3.8) is 0 Å². The molecule has 2 rings (SSSR count). The highest BCUT2D eigenvalue weighted by Gasteiger charge is 2.19. The second-order valence-electron chi connectivity index (χ2n) is 3.24. The maximum atomic E-state index is 12.1. The summed E-state index contributed by atoms with van der Waals surface area (Å²) in [4.78, 5) is 3.84. The van der Waals surface area contributed by atoms with Gasteiger partial charge in [0, 0.05) is 17.6 Å². The molecular formula is C10H9ClN2O3S2. The first kappa shape index (κ1) is 13.1. The third kappa shape index (κ3) is 2.74. The maximum Gasteiger partial charge on any atom is 0.265 e. The van der Waals surface area contributed by atoms with E-state index in [2.05, 4.69) is 9.71 Å². The fourth-order valence-corrected chi connectivity index (χ4v) is 3.59. The molecule has 1 N–H and O–H groups in total. The SMILES string of the molecule is COc1ccc(S(=O)(=O)Nc2nccs2)c(Cl)c1. The van der Waals surface area contributed by atoms with E-state index >= 15 is 0 Å². The molecule has 18 heavy (non-hydrogen) atoms. The minimum atomic E-state index is -3.73. The molecule has 0 spiro atoms. The van der Waals surface area contributed by atoms with Crippen molar-refractivity contribution in [2.45, 2.75) is 4.90 Å². The molecule has 0 saturated carbocycles. The summed E-state index contributed by atoms with van der Waals surface area (Å²) in [6.45, 7) is 0. The van der Waals surface area contributed by atoms with E-state index in [1.54, 1.807) is 5.38 Å². The number of hydrogen-bond donors (Lipinski definition) is 1. The van der Waals surface area contributed by atoms with E-state index in [1.165, 1.54) is 42.8 Å². The van der Waals surface area contributed by atoms with Crippen LogP contribution < -0.4 is 9.46 Å². The van der Waals surface area contributed by atoms with Crippen LogP contribution in [0.4, 0.5) is 5.13 Å². The van der Waals surface area contributed by atoms with E-state index in [0.29, 0.717) is 10.9 Å². The van der Waals surface area contributed by atoms with Crippen LogP contribution in [0.1, 0.15) is 0 Å². The number of nitrogens with one attached hydrogen (secondary N) is 1. The van der Waals surface area contributed by atoms with E-state index in [0.717, 1.165) is 0 Å². The Morgan fingerprint density at radius 2 is 2.22 bits per heavy atom. The van der Waals surface area contributed by atoms with E-state index in [4.69, 9.17) is 16.3 Å². The van der Waals surface area contributed by atoms with Crippen molar-refractivity contribution >= 4 is 38.1 Å². The molecule has 0 aliphatic heterocycles. The number of hydrogen-bond acceptors (Lipinski definition) is 5. The minimum Gasteiger partial charge on any atom is -0.497 e. The average Bonchev–Trinajstić information content (AvgIpc) is 2.80. The first-order valence-electron chi connectivity index (χ1n) is 4.79. The zero-order valence-corrected chi connectivity index (χ0v) is 11.6. The third-order valence-corrected chi connectivity index (χ3v) is 4.72. The molecule has 1 heterocycles. The molecule has 96 valence electrons. The van der Waals surface area contributed by atoms with Crippen LogP contribution in [0.2, 0.25) is 5.02 Å². The summed E-state index contributed by atoms with van der Waals surface area (Å²) in [6.07, 6.45) is 1.51. The Kier molecular flexibility index (Phi) is 3.74. The van der Waals surface area contributed by atoms with Crippen molar-refractivity contribution < 1.29 is 13.2 Å². The number of thiazole rings is 1. The Bertz CT molecular complexity index is 641. The first-order valence-corrected chi connectivity index (χ1v) is 7.53. The lowest BCUT2D eigenvalue weighted by Gasteiger charge is -2.08. The Labute approximate surface area is 113 Å². The van der Waals surface area contributed by atoms with Crippen LogP contribution in [-0.4, -0.2) is 20.5 Å². The Hall–Kier alpha value is -1.31. The number of methoxy groups -OCH3 is 1. The highest BCUT2D eigenvalue weighted by Crippen LogP contribution is 2.27. The van der Waals surface area contributed by atoms with Crippen LogP contribution in [0.3, 0.4) is 0 Å². The third-order valence-electron chi connectivity index (χ3n) is 2.08. The van der Waals surface area contributed by atoms with E-state index in [1.807, 2.05) is 0 Å². The second-order valence-corrected chi connectivity index (χ2v) is 6.19. The molecule has 0 fully saturated rings. The molecule has 0 aliphatic carbocycles. The predicted molar refractivity (Wildman–Crippen MR) is 70.9 cm³/mol. The van der Waals surface area contributed by atoms with Crippen LogP contribution in [0.15, 0.2) is 34.7 Å². The number of ether oxygens (including phenoxy) is 1. The fourth-order valence-electron chi connectivity index (χ4n) is 1.27. The van der Waals surface area contributed by atoms with Gasteiger partial charge in [-0.1, -0.05) is 11.6 Å². The summed E-state index contributed by atoms with van der Waals surface area (Å²) in [5.41, 5.74) is 0. The van der Waals surface area contributed by atoms with Gasteiger partial charge < -0.3 is 4.74 Å². The molecule has 0 amide bonds. The van der Waals surface area contributed by atoms with Gasteiger partial charge in [-0.25, -0.2) is 13.4 Å². The molecule has 1 aromatic carbocycles. The predicted octanol–water partition coefficient (Wildman–Crippen LogP) is 2.61. The van der Waals surface area contributed by atoms with Crippen molar-refractivity contribution in [1.82, 2.24) is 4.98 Å². The molecule has 5 nitrogen and oxygen atoms in total. The molecular weight excluding hydrogens is 296 g/mol. The van der Waals surface area contributed by atoms with Gasteiger partial charge in [0.15, 0.2) is 5.13 Å². The molecule has 1 aromatic heterocycles. The molecule has 8 heteroatoms.